The number of allylic oxidation sites excluding steroid dienone is 1. The van der Waals surface area contributed by atoms with Crippen LogP contribution in [0.1, 0.15) is 37.9 Å². The highest BCUT2D eigenvalue weighted by Gasteiger charge is 2.34. The maximum atomic E-state index is 14.0. The number of hydrogen-bond donors (Lipinski definition) is 0. The van der Waals surface area contributed by atoms with E-state index in [0.29, 0.717) is 44.4 Å². The van der Waals surface area contributed by atoms with Crippen LogP contribution in [-0.2, 0) is 19.1 Å². The van der Waals surface area contributed by atoms with Crippen molar-refractivity contribution in [1.29, 1.82) is 0 Å². The number of aromatic nitrogens is 1. The number of halogens is 2. The zero-order chi connectivity index (χ0) is 30.6. The minimum atomic E-state index is -0.848. The molecule has 3 aromatic rings. The van der Waals surface area contributed by atoms with Gasteiger partial charge in [0, 0.05) is 0 Å². The number of carbonyl (C=O) groups excluding carboxylic acids is 2. The molecule has 2 aromatic carbocycles. The Labute approximate surface area is 267 Å². The first kappa shape index (κ1) is 31.8. The molecule has 222 valence electrons. The average molecular weight is 771 g/mol. The second kappa shape index (κ2) is 13.9. The van der Waals surface area contributed by atoms with Crippen LogP contribution >= 0.6 is 49.9 Å². The van der Waals surface area contributed by atoms with E-state index in [1.165, 1.54) is 23.0 Å². The Morgan fingerprint density at radius 1 is 1.12 bits per heavy atom. The summed E-state index contributed by atoms with van der Waals surface area (Å²) in [5.41, 5.74) is 1.74. The van der Waals surface area contributed by atoms with E-state index in [1.807, 2.05) is 19.1 Å². The highest BCUT2D eigenvalue weighted by Crippen LogP contribution is 2.36. The Bertz CT molecular complexity index is 1720. The SMILES string of the molecule is CCOC(=O)C1=C(C)N=c2s/c(=C\c3cc(Br)c(OC)c(I)c3)c(=O)n2[C@H]1c1ccc(OCC(=O)OC)c(OCC)c1. The van der Waals surface area contributed by atoms with Crippen molar-refractivity contribution < 1.29 is 33.3 Å². The van der Waals surface area contributed by atoms with Crippen LogP contribution in [0, 0.1) is 3.57 Å². The molecule has 13 heteroatoms. The lowest BCUT2D eigenvalue weighted by atomic mass is 9.95. The molecule has 42 heavy (non-hydrogen) atoms. The van der Waals surface area contributed by atoms with Gasteiger partial charge in [0.1, 0.15) is 5.75 Å². The third-order valence-corrected chi connectivity index (χ3v) is 8.57. The van der Waals surface area contributed by atoms with Crippen LogP contribution in [0.15, 0.2) is 55.9 Å². The van der Waals surface area contributed by atoms with E-state index in [9.17, 15) is 14.4 Å². The van der Waals surface area contributed by atoms with Gasteiger partial charge in [-0.25, -0.2) is 14.6 Å². The second-order valence-corrected chi connectivity index (χ2v) is 11.8. The Kier molecular flexibility index (Phi) is 10.5. The molecule has 0 amide bonds. The number of benzene rings is 2. The quantitative estimate of drug-likeness (QED) is 0.224. The fourth-order valence-electron chi connectivity index (χ4n) is 4.39. The second-order valence-electron chi connectivity index (χ2n) is 8.82. The van der Waals surface area contributed by atoms with Crippen LogP contribution in [0.25, 0.3) is 6.08 Å². The Balaban J connectivity index is 1.91. The maximum absolute atomic E-state index is 14.0. The molecule has 1 aliphatic heterocycles. The zero-order valence-electron chi connectivity index (χ0n) is 23.5. The molecule has 1 aromatic heterocycles. The van der Waals surface area contributed by atoms with Crippen molar-refractivity contribution in [1.82, 2.24) is 4.57 Å². The molecule has 10 nitrogen and oxygen atoms in total. The van der Waals surface area contributed by atoms with Gasteiger partial charge >= 0.3 is 11.9 Å². The van der Waals surface area contributed by atoms with Gasteiger partial charge in [0.25, 0.3) is 5.56 Å². The summed E-state index contributed by atoms with van der Waals surface area (Å²) in [5.74, 6) is 0.243. The summed E-state index contributed by atoms with van der Waals surface area (Å²) in [6.07, 6.45) is 1.78. The average Bonchev–Trinajstić information content (AvgIpc) is 3.25. The maximum Gasteiger partial charge on any atom is 0.343 e. The van der Waals surface area contributed by atoms with Gasteiger partial charge in [0.15, 0.2) is 22.9 Å². The normalized spacial score (nSPS) is 14.6. The van der Waals surface area contributed by atoms with Crippen LogP contribution in [0.3, 0.4) is 0 Å². The van der Waals surface area contributed by atoms with E-state index in [-0.39, 0.29) is 24.3 Å². The number of hydrogen-bond acceptors (Lipinski definition) is 10. The zero-order valence-corrected chi connectivity index (χ0v) is 28.0. The van der Waals surface area contributed by atoms with E-state index < -0.39 is 18.0 Å². The smallest absolute Gasteiger partial charge is 0.343 e. The van der Waals surface area contributed by atoms with E-state index in [2.05, 4.69) is 48.3 Å². The molecule has 2 heterocycles. The van der Waals surface area contributed by atoms with Gasteiger partial charge in [0.2, 0.25) is 0 Å². The minimum Gasteiger partial charge on any atom is -0.494 e. The lowest BCUT2D eigenvalue weighted by Crippen LogP contribution is -2.40. The van der Waals surface area contributed by atoms with Crippen molar-refractivity contribution in [2.45, 2.75) is 26.8 Å². The molecular formula is C29H28BrIN2O8S. The molecule has 0 radical (unpaired) electrons. The summed E-state index contributed by atoms with van der Waals surface area (Å²) < 4.78 is 30.5. The predicted molar refractivity (Wildman–Crippen MR) is 169 cm³/mol. The molecule has 0 N–H and O–H groups in total. The molecular weight excluding hydrogens is 743 g/mol. The monoisotopic (exact) mass is 770 g/mol. The number of rotatable bonds is 10. The molecule has 0 fully saturated rings. The lowest BCUT2D eigenvalue weighted by molar-refractivity contribution is -0.143. The van der Waals surface area contributed by atoms with Crippen LogP contribution in [0.2, 0.25) is 0 Å². The number of thiazole rings is 1. The van der Waals surface area contributed by atoms with Crippen molar-refractivity contribution in [2.75, 3.05) is 34.0 Å². The lowest BCUT2D eigenvalue weighted by Gasteiger charge is -2.25. The van der Waals surface area contributed by atoms with Crippen molar-refractivity contribution >= 4 is 67.9 Å². The fourth-order valence-corrected chi connectivity index (χ4v) is 7.32. The Morgan fingerprint density at radius 3 is 2.52 bits per heavy atom. The molecule has 0 bridgehead atoms. The molecule has 0 saturated heterocycles. The largest absolute Gasteiger partial charge is 0.494 e. The molecule has 4 rings (SSSR count). The number of esters is 2. The van der Waals surface area contributed by atoms with E-state index in [1.54, 1.807) is 45.2 Å². The summed E-state index contributed by atoms with van der Waals surface area (Å²) in [6, 6.07) is 7.98. The minimum absolute atomic E-state index is 0.155. The van der Waals surface area contributed by atoms with Crippen LogP contribution in [-0.4, -0.2) is 50.5 Å². The molecule has 1 atom stereocenters. The first-order valence-electron chi connectivity index (χ1n) is 12.8. The number of nitrogens with zero attached hydrogens (tertiary/aromatic N) is 2. The van der Waals surface area contributed by atoms with Gasteiger partial charge in [-0.3, -0.25) is 9.36 Å². The number of carbonyl (C=O) groups is 2. The number of ether oxygens (including phenoxy) is 5. The standard InChI is InChI=1S/C29H28BrIN2O8S/c1-6-39-21-13-17(8-9-20(21)41-14-23(34)37-4)25-24(28(36)40-7-2)15(3)32-29-33(25)27(35)22(42-29)12-16-10-18(30)26(38-5)19(31)11-16/h8-13,25H,6-7,14H2,1-5H3/b22-12-/t25-/m0/s1. The molecule has 0 spiro atoms. The van der Waals surface area contributed by atoms with E-state index in [0.717, 1.165) is 13.6 Å². The summed E-state index contributed by atoms with van der Waals surface area (Å²) >= 11 is 6.93. The van der Waals surface area contributed by atoms with Gasteiger partial charge in [-0.1, -0.05) is 17.4 Å². The predicted octanol–water partition coefficient (Wildman–Crippen LogP) is 4.12. The Morgan fingerprint density at radius 2 is 1.88 bits per heavy atom. The first-order valence-corrected chi connectivity index (χ1v) is 15.5. The highest BCUT2D eigenvalue weighted by molar-refractivity contribution is 14.1. The van der Waals surface area contributed by atoms with Gasteiger partial charge in [-0.15, -0.1) is 0 Å². The summed E-state index contributed by atoms with van der Waals surface area (Å²) in [6.45, 7) is 5.41. The molecule has 0 saturated carbocycles. The van der Waals surface area contributed by atoms with Crippen molar-refractivity contribution in [3.8, 4) is 17.2 Å². The third kappa shape index (κ3) is 6.57. The third-order valence-electron chi connectivity index (χ3n) is 6.20. The number of fused-ring (bicyclic) bond motifs is 1. The number of methoxy groups -OCH3 is 2. The molecule has 1 aliphatic rings. The van der Waals surface area contributed by atoms with Gasteiger partial charge in [-0.2, -0.15) is 0 Å². The van der Waals surface area contributed by atoms with Crippen LogP contribution in [0.4, 0.5) is 0 Å². The van der Waals surface area contributed by atoms with Crippen molar-refractivity contribution in [3.05, 3.63) is 80.5 Å². The van der Waals surface area contributed by atoms with Gasteiger partial charge in [0.05, 0.1) is 57.3 Å². The van der Waals surface area contributed by atoms with Gasteiger partial charge < -0.3 is 23.7 Å². The molecule has 0 aliphatic carbocycles. The van der Waals surface area contributed by atoms with Crippen molar-refractivity contribution in [3.63, 3.8) is 0 Å². The van der Waals surface area contributed by atoms with E-state index in [4.69, 9.17) is 18.9 Å². The Hall–Kier alpha value is -3.17. The topological polar surface area (TPSA) is 115 Å². The van der Waals surface area contributed by atoms with Crippen LogP contribution < -0.4 is 29.1 Å². The summed E-state index contributed by atoms with van der Waals surface area (Å²) in [5, 5.41) is 0. The van der Waals surface area contributed by atoms with Crippen molar-refractivity contribution in [2.24, 2.45) is 4.99 Å². The highest BCUT2D eigenvalue weighted by atomic mass is 127. The molecule has 0 unspecified atom stereocenters. The summed E-state index contributed by atoms with van der Waals surface area (Å²) in [4.78, 5) is 43.9. The summed E-state index contributed by atoms with van der Waals surface area (Å²) in [7, 11) is 2.87. The fraction of sp³-hybridized carbons (Fsp3) is 0.310. The van der Waals surface area contributed by atoms with Crippen LogP contribution in [0.5, 0.6) is 17.2 Å². The van der Waals surface area contributed by atoms with E-state index >= 15 is 0 Å². The van der Waals surface area contributed by atoms with Gasteiger partial charge in [-0.05, 0) is 101 Å². The first-order chi connectivity index (χ1) is 20.1.